The zero-order valence-electron chi connectivity index (χ0n) is 15.3. The number of aromatic nitrogens is 2. The molecule has 0 saturated heterocycles. The molecule has 27 heavy (non-hydrogen) atoms. The van der Waals surface area contributed by atoms with Crippen LogP contribution >= 0.6 is 11.3 Å². The summed E-state index contributed by atoms with van der Waals surface area (Å²) in [6.45, 7) is 6.32. The molecule has 0 bridgehead atoms. The van der Waals surface area contributed by atoms with Crippen molar-refractivity contribution in [1.29, 1.82) is 0 Å². The van der Waals surface area contributed by atoms with Gasteiger partial charge in [-0.25, -0.2) is 9.78 Å². The SMILES string of the molecule is Cc1cc(-c2cc(C(=O)NCC(C)(O)C(=O)O)c3c(C)noc3n2)c(C)s1. The van der Waals surface area contributed by atoms with Gasteiger partial charge in [0.25, 0.3) is 11.6 Å². The quantitative estimate of drug-likeness (QED) is 0.612. The maximum atomic E-state index is 12.7. The Balaban J connectivity index is 2.05. The fraction of sp³-hybridized carbons (Fsp3) is 0.333. The zero-order chi connectivity index (χ0) is 19.9. The van der Waals surface area contributed by atoms with Gasteiger partial charge >= 0.3 is 5.97 Å². The largest absolute Gasteiger partial charge is 0.479 e. The summed E-state index contributed by atoms with van der Waals surface area (Å²) in [5.74, 6) is -1.96. The number of rotatable bonds is 5. The number of hydrogen-bond acceptors (Lipinski definition) is 7. The smallest absolute Gasteiger partial charge is 0.337 e. The minimum Gasteiger partial charge on any atom is -0.479 e. The Kier molecular flexibility index (Phi) is 4.75. The Morgan fingerprint density at radius 2 is 2.00 bits per heavy atom. The van der Waals surface area contributed by atoms with Crippen LogP contribution in [0, 0.1) is 20.8 Å². The van der Waals surface area contributed by atoms with Crippen molar-refractivity contribution in [1.82, 2.24) is 15.5 Å². The van der Waals surface area contributed by atoms with Gasteiger partial charge in [0.05, 0.1) is 28.9 Å². The van der Waals surface area contributed by atoms with Crippen molar-refractivity contribution in [3.63, 3.8) is 0 Å². The minimum atomic E-state index is -2.07. The Hall–Kier alpha value is -2.78. The number of amides is 1. The molecule has 0 fully saturated rings. The summed E-state index contributed by atoms with van der Waals surface area (Å²) in [7, 11) is 0. The molecule has 0 aliphatic carbocycles. The molecule has 9 heteroatoms. The van der Waals surface area contributed by atoms with Gasteiger partial charge in [0.1, 0.15) is 0 Å². The fourth-order valence-corrected chi connectivity index (χ4v) is 3.65. The number of nitrogens with one attached hydrogen (secondary N) is 1. The Morgan fingerprint density at radius 3 is 2.59 bits per heavy atom. The highest BCUT2D eigenvalue weighted by Gasteiger charge is 2.31. The number of carbonyl (C=O) groups excluding carboxylic acids is 1. The number of carboxylic acid groups (broad SMARTS) is 1. The second-order valence-corrected chi connectivity index (χ2v) is 8.05. The molecule has 3 rings (SSSR count). The van der Waals surface area contributed by atoms with Crippen LogP contribution in [-0.4, -0.2) is 44.4 Å². The molecule has 0 aliphatic rings. The number of pyridine rings is 1. The first kappa shape index (κ1) is 19.0. The third-order valence-electron chi connectivity index (χ3n) is 4.23. The maximum Gasteiger partial charge on any atom is 0.337 e. The highest BCUT2D eigenvalue weighted by atomic mass is 32.1. The number of aliphatic carboxylic acids is 1. The van der Waals surface area contributed by atoms with Crippen LogP contribution in [0.3, 0.4) is 0 Å². The molecule has 3 N–H and O–H groups in total. The van der Waals surface area contributed by atoms with E-state index in [0.717, 1.165) is 22.2 Å². The van der Waals surface area contributed by atoms with Gasteiger partial charge in [-0.1, -0.05) is 5.16 Å². The van der Waals surface area contributed by atoms with E-state index in [1.807, 2.05) is 19.9 Å². The van der Waals surface area contributed by atoms with Crippen LogP contribution in [0.1, 0.15) is 32.7 Å². The van der Waals surface area contributed by atoms with E-state index < -0.39 is 24.0 Å². The molecule has 3 heterocycles. The lowest BCUT2D eigenvalue weighted by Crippen LogP contribution is -2.46. The first-order chi connectivity index (χ1) is 12.6. The molecule has 0 aliphatic heterocycles. The van der Waals surface area contributed by atoms with Crippen LogP contribution in [0.4, 0.5) is 0 Å². The first-order valence-corrected chi connectivity index (χ1v) is 9.00. The number of nitrogens with zero attached hydrogens (tertiary/aromatic N) is 2. The molecule has 0 spiro atoms. The number of thiophene rings is 1. The van der Waals surface area contributed by atoms with Gasteiger partial charge in [0, 0.05) is 15.3 Å². The van der Waals surface area contributed by atoms with Gasteiger partial charge in [0.2, 0.25) is 0 Å². The molecule has 1 amide bonds. The van der Waals surface area contributed by atoms with E-state index in [9.17, 15) is 14.7 Å². The van der Waals surface area contributed by atoms with E-state index in [-0.39, 0.29) is 11.3 Å². The first-order valence-electron chi connectivity index (χ1n) is 8.18. The highest BCUT2D eigenvalue weighted by molar-refractivity contribution is 7.12. The van der Waals surface area contributed by atoms with Crippen molar-refractivity contribution < 1.29 is 24.3 Å². The number of aliphatic hydroxyl groups is 1. The molecule has 3 aromatic rings. The summed E-state index contributed by atoms with van der Waals surface area (Å²) in [5.41, 5.74) is 0.366. The van der Waals surface area contributed by atoms with Gasteiger partial charge in [0.15, 0.2) is 5.60 Å². The summed E-state index contributed by atoms with van der Waals surface area (Å²) in [4.78, 5) is 30.4. The Bertz CT molecular complexity index is 1050. The molecule has 3 aromatic heterocycles. The van der Waals surface area contributed by atoms with Gasteiger partial charge in [-0.15, -0.1) is 11.3 Å². The Labute approximate surface area is 158 Å². The maximum absolute atomic E-state index is 12.7. The monoisotopic (exact) mass is 389 g/mol. The van der Waals surface area contributed by atoms with Crippen LogP contribution < -0.4 is 5.32 Å². The zero-order valence-corrected chi connectivity index (χ0v) is 16.1. The molecule has 8 nitrogen and oxygen atoms in total. The van der Waals surface area contributed by atoms with Crippen molar-refractivity contribution in [3.05, 3.63) is 33.1 Å². The standard InChI is InChI=1S/C18H19N3O5S/c1-8-5-11(10(3)27-8)13-6-12(14-9(2)21-26-16(14)20-13)15(22)19-7-18(4,25)17(23)24/h5-6,25H,7H2,1-4H3,(H,19,22)(H,23,24). The van der Waals surface area contributed by atoms with E-state index in [4.69, 9.17) is 9.63 Å². The minimum absolute atomic E-state index is 0.225. The van der Waals surface area contributed by atoms with Crippen LogP contribution in [0.15, 0.2) is 16.7 Å². The van der Waals surface area contributed by atoms with Crippen LogP contribution in [0.5, 0.6) is 0 Å². The lowest BCUT2D eigenvalue weighted by atomic mass is 10.0. The van der Waals surface area contributed by atoms with Crippen LogP contribution in [0.25, 0.3) is 22.4 Å². The number of hydrogen-bond donors (Lipinski definition) is 3. The Morgan fingerprint density at radius 1 is 1.30 bits per heavy atom. The topological polar surface area (TPSA) is 126 Å². The third kappa shape index (κ3) is 3.56. The van der Waals surface area contributed by atoms with E-state index in [2.05, 4.69) is 15.5 Å². The van der Waals surface area contributed by atoms with E-state index in [1.54, 1.807) is 24.3 Å². The summed E-state index contributed by atoms with van der Waals surface area (Å²) in [6, 6.07) is 3.61. The second kappa shape index (κ2) is 6.75. The molecule has 0 radical (unpaired) electrons. The molecule has 0 aromatic carbocycles. The molecule has 1 unspecified atom stereocenters. The normalized spacial score (nSPS) is 13.5. The third-order valence-corrected chi connectivity index (χ3v) is 5.20. The van der Waals surface area contributed by atoms with Crippen molar-refractivity contribution in [2.75, 3.05) is 6.54 Å². The summed E-state index contributed by atoms with van der Waals surface area (Å²) < 4.78 is 5.25. The van der Waals surface area contributed by atoms with Crippen molar-refractivity contribution in [2.45, 2.75) is 33.3 Å². The van der Waals surface area contributed by atoms with Gasteiger partial charge in [-0.2, -0.15) is 0 Å². The number of aryl methyl sites for hydroxylation is 3. The lowest BCUT2D eigenvalue weighted by molar-refractivity contribution is -0.155. The predicted octanol–water partition coefficient (Wildman–Crippen LogP) is 2.44. The van der Waals surface area contributed by atoms with E-state index >= 15 is 0 Å². The van der Waals surface area contributed by atoms with Gasteiger partial charge in [-0.05, 0) is 39.8 Å². The van der Waals surface area contributed by atoms with E-state index in [0.29, 0.717) is 16.8 Å². The van der Waals surface area contributed by atoms with Gasteiger partial charge < -0.3 is 20.1 Å². The summed E-state index contributed by atoms with van der Waals surface area (Å²) >= 11 is 1.62. The average Bonchev–Trinajstić information content (AvgIpc) is 3.13. The van der Waals surface area contributed by atoms with Crippen LogP contribution in [0.2, 0.25) is 0 Å². The van der Waals surface area contributed by atoms with Crippen molar-refractivity contribution in [2.24, 2.45) is 0 Å². The summed E-state index contributed by atoms with van der Waals surface area (Å²) in [5, 5.41) is 25.6. The summed E-state index contributed by atoms with van der Waals surface area (Å²) in [6.07, 6.45) is 0. The lowest BCUT2D eigenvalue weighted by Gasteiger charge is -2.18. The van der Waals surface area contributed by atoms with E-state index in [1.165, 1.54) is 0 Å². The van der Waals surface area contributed by atoms with Crippen molar-refractivity contribution in [3.8, 4) is 11.3 Å². The second-order valence-electron chi connectivity index (χ2n) is 6.59. The molecular formula is C18H19N3O5S. The van der Waals surface area contributed by atoms with Gasteiger partial charge in [-0.3, -0.25) is 4.79 Å². The van der Waals surface area contributed by atoms with Crippen molar-refractivity contribution >= 4 is 34.3 Å². The number of fused-ring (bicyclic) bond motifs is 1. The highest BCUT2D eigenvalue weighted by Crippen LogP contribution is 2.32. The van der Waals surface area contributed by atoms with Crippen LogP contribution in [-0.2, 0) is 4.79 Å². The molecular weight excluding hydrogens is 370 g/mol. The molecule has 1 atom stereocenters. The fourth-order valence-electron chi connectivity index (χ4n) is 2.72. The molecule has 142 valence electrons. The number of carbonyl (C=O) groups is 2. The predicted molar refractivity (Wildman–Crippen MR) is 99.9 cm³/mol. The average molecular weight is 389 g/mol. The molecule has 0 saturated carbocycles. The number of carboxylic acids is 1.